The summed E-state index contributed by atoms with van der Waals surface area (Å²) in [5.41, 5.74) is 0.886. The van der Waals surface area contributed by atoms with Gasteiger partial charge in [-0.2, -0.15) is 0 Å². The molecule has 7 heteroatoms. The number of anilines is 2. The zero-order valence-electron chi connectivity index (χ0n) is 14.1. The molecule has 25 heavy (non-hydrogen) atoms. The second-order valence-corrected chi connectivity index (χ2v) is 6.67. The van der Waals surface area contributed by atoms with Gasteiger partial charge in [0.25, 0.3) is 0 Å². The van der Waals surface area contributed by atoms with Crippen molar-refractivity contribution >= 4 is 17.8 Å². The van der Waals surface area contributed by atoms with Crippen LogP contribution < -0.4 is 5.32 Å². The lowest BCUT2D eigenvalue weighted by Crippen LogP contribution is -2.35. The number of carbonyl (C=O) groups is 1. The normalized spacial score (nSPS) is 20.8. The van der Waals surface area contributed by atoms with E-state index in [4.69, 9.17) is 0 Å². The lowest BCUT2D eigenvalue weighted by atomic mass is 10.0. The summed E-state index contributed by atoms with van der Waals surface area (Å²) in [5, 5.41) is 3.02. The molecule has 130 valence electrons. The van der Waals surface area contributed by atoms with Crippen LogP contribution in [0.15, 0.2) is 30.7 Å². The molecule has 1 aliphatic carbocycles. The van der Waals surface area contributed by atoms with Gasteiger partial charge in [0.1, 0.15) is 0 Å². The number of amides is 1. The fourth-order valence-corrected chi connectivity index (χ4v) is 3.83. The Balaban J connectivity index is 1.52. The molecule has 4 rings (SSSR count). The van der Waals surface area contributed by atoms with Gasteiger partial charge < -0.3 is 4.90 Å². The average Bonchev–Trinajstić information content (AvgIpc) is 3.34. The van der Waals surface area contributed by atoms with Crippen LogP contribution in [0.4, 0.5) is 11.9 Å². The van der Waals surface area contributed by atoms with Gasteiger partial charge in [0.15, 0.2) is 0 Å². The Morgan fingerprint density at radius 3 is 2.56 bits per heavy atom. The first-order valence-corrected chi connectivity index (χ1v) is 8.99. The number of hydrogen-bond acceptors (Lipinski definition) is 6. The van der Waals surface area contributed by atoms with E-state index in [0.717, 1.165) is 37.9 Å². The standard InChI is InChI=1S/C18H22N6O/c25-16(13-5-1-2-6-13)24-12-3-7-15(24)14-8-11-21-18(22-14)23-17-19-9-4-10-20-17/h4,8-11,13,15H,1-3,5-7,12H2,(H,19,20,21,22,23)/t15-/m1/s1. The van der Waals surface area contributed by atoms with Gasteiger partial charge in [0.2, 0.25) is 17.8 Å². The van der Waals surface area contributed by atoms with E-state index in [1.165, 1.54) is 12.8 Å². The molecule has 7 nitrogen and oxygen atoms in total. The number of rotatable bonds is 4. The fourth-order valence-electron chi connectivity index (χ4n) is 3.83. The van der Waals surface area contributed by atoms with Gasteiger partial charge in [0.05, 0.1) is 11.7 Å². The molecule has 2 fully saturated rings. The predicted molar refractivity (Wildman–Crippen MR) is 93.0 cm³/mol. The lowest BCUT2D eigenvalue weighted by Gasteiger charge is -2.27. The Kier molecular flexibility index (Phi) is 4.54. The SMILES string of the molecule is O=C(C1CCCC1)N1CCC[C@@H]1c1ccnc(Nc2ncccn2)n1. The molecular formula is C18H22N6O. The van der Waals surface area contributed by atoms with Crippen LogP contribution in [-0.2, 0) is 4.79 Å². The van der Waals surface area contributed by atoms with E-state index in [1.807, 2.05) is 11.0 Å². The minimum atomic E-state index is 0.0494. The molecule has 0 radical (unpaired) electrons. The molecule has 1 saturated heterocycles. The van der Waals surface area contributed by atoms with Gasteiger partial charge in [-0.25, -0.2) is 19.9 Å². The van der Waals surface area contributed by atoms with Gasteiger partial charge in [0, 0.05) is 31.1 Å². The largest absolute Gasteiger partial charge is 0.334 e. The highest BCUT2D eigenvalue weighted by Crippen LogP contribution is 2.35. The third-order valence-corrected chi connectivity index (χ3v) is 5.05. The summed E-state index contributed by atoms with van der Waals surface area (Å²) >= 11 is 0. The number of carbonyl (C=O) groups excluding carboxylic acids is 1. The van der Waals surface area contributed by atoms with Crippen LogP contribution in [0.25, 0.3) is 0 Å². The molecule has 3 heterocycles. The molecule has 0 spiro atoms. The summed E-state index contributed by atoms with van der Waals surface area (Å²) in [4.78, 5) is 32.0. The van der Waals surface area contributed by atoms with Crippen LogP contribution in [0.5, 0.6) is 0 Å². The van der Waals surface area contributed by atoms with Crippen LogP contribution in [0.2, 0.25) is 0 Å². The Morgan fingerprint density at radius 1 is 1.00 bits per heavy atom. The lowest BCUT2D eigenvalue weighted by molar-refractivity contribution is -0.136. The molecular weight excluding hydrogens is 316 g/mol. The molecule has 0 unspecified atom stereocenters. The maximum Gasteiger partial charge on any atom is 0.229 e. The fraction of sp³-hybridized carbons (Fsp3) is 0.500. The summed E-state index contributed by atoms with van der Waals surface area (Å²) in [6.45, 7) is 0.828. The third-order valence-electron chi connectivity index (χ3n) is 5.05. The molecule has 1 aliphatic heterocycles. The average molecular weight is 338 g/mol. The van der Waals surface area contributed by atoms with Gasteiger partial charge in [-0.1, -0.05) is 12.8 Å². The highest BCUT2D eigenvalue weighted by molar-refractivity contribution is 5.79. The highest BCUT2D eigenvalue weighted by Gasteiger charge is 2.35. The molecule has 1 N–H and O–H groups in total. The molecule has 1 amide bonds. The van der Waals surface area contributed by atoms with Crippen molar-refractivity contribution in [1.29, 1.82) is 0 Å². The zero-order chi connectivity index (χ0) is 17.1. The number of nitrogens with one attached hydrogen (secondary N) is 1. The number of nitrogens with zero attached hydrogens (tertiary/aromatic N) is 5. The van der Waals surface area contributed by atoms with Gasteiger partial charge in [-0.3, -0.25) is 10.1 Å². The number of likely N-dealkylation sites (tertiary alicyclic amines) is 1. The van der Waals surface area contributed by atoms with Crippen molar-refractivity contribution in [2.45, 2.75) is 44.6 Å². The van der Waals surface area contributed by atoms with Gasteiger partial charge >= 0.3 is 0 Å². The van der Waals surface area contributed by atoms with Crippen molar-refractivity contribution in [2.24, 2.45) is 5.92 Å². The predicted octanol–water partition coefficient (Wildman–Crippen LogP) is 2.86. The maximum absolute atomic E-state index is 12.9. The first kappa shape index (κ1) is 15.9. The maximum atomic E-state index is 12.9. The van der Waals surface area contributed by atoms with E-state index < -0.39 is 0 Å². The Hall–Kier alpha value is -2.57. The van der Waals surface area contributed by atoms with Crippen molar-refractivity contribution < 1.29 is 4.79 Å². The summed E-state index contributed by atoms with van der Waals surface area (Å²) in [6, 6.07) is 3.71. The van der Waals surface area contributed by atoms with Crippen molar-refractivity contribution in [2.75, 3.05) is 11.9 Å². The van der Waals surface area contributed by atoms with Crippen LogP contribution >= 0.6 is 0 Å². The van der Waals surface area contributed by atoms with Gasteiger partial charge in [-0.15, -0.1) is 0 Å². The summed E-state index contributed by atoms with van der Waals surface area (Å²) in [6.07, 6.45) is 11.4. The monoisotopic (exact) mass is 338 g/mol. The van der Waals surface area contributed by atoms with Crippen LogP contribution in [0.1, 0.15) is 50.3 Å². The van der Waals surface area contributed by atoms with E-state index >= 15 is 0 Å². The second-order valence-electron chi connectivity index (χ2n) is 6.67. The zero-order valence-corrected chi connectivity index (χ0v) is 14.1. The smallest absolute Gasteiger partial charge is 0.229 e. The van der Waals surface area contributed by atoms with Crippen molar-refractivity contribution in [3.8, 4) is 0 Å². The topological polar surface area (TPSA) is 83.9 Å². The van der Waals surface area contributed by atoms with E-state index in [0.29, 0.717) is 17.8 Å². The molecule has 0 aromatic carbocycles. The van der Waals surface area contributed by atoms with E-state index in [-0.39, 0.29) is 12.0 Å². The Morgan fingerprint density at radius 2 is 1.76 bits per heavy atom. The minimum absolute atomic E-state index is 0.0494. The Bertz CT molecular complexity index is 731. The van der Waals surface area contributed by atoms with Crippen molar-refractivity contribution in [3.63, 3.8) is 0 Å². The van der Waals surface area contributed by atoms with Crippen LogP contribution in [0, 0.1) is 5.92 Å². The van der Waals surface area contributed by atoms with Crippen LogP contribution in [-0.4, -0.2) is 37.3 Å². The van der Waals surface area contributed by atoms with Crippen molar-refractivity contribution in [3.05, 3.63) is 36.4 Å². The first-order chi connectivity index (χ1) is 12.3. The summed E-state index contributed by atoms with van der Waals surface area (Å²) in [7, 11) is 0. The minimum Gasteiger partial charge on any atom is -0.334 e. The molecule has 2 aromatic rings. The van der Waals surface area contributed by atoms with Gasteiger partial charge in [-0.05, 0) is 37.8 Å². The quantitative estimate of drug-likeness (QED) is 0.923. The van der Waals surface area contributed by atoms with E-state index in [9.17, 15) is 4.79 Å². The molecule has 2 aromatic heterocycles. The van der Waals surface area contributed by atoms with Crippen LogP contribution in [0.3, 0.4) is 0 Å². The second kappa shape index (κ2) is 7.13. The third kappa shape index (κ3) is 3.45. The van der Waals surface area contributed by atoms with E-state index in [2.05, 4.69) is 25.3 Å². The molecule has 0 bridgehead atoms. The van der Waals surface area contributed by atoms with Crippen molar-refractivity contribution in [1.82, 2.24) is 24.8 Å². The number of hydrogen-bond donors (Lipinski definition) is 1. The highest BCUT2D eigenvalue weighted by atomic mass is 16.2. The molecule has 2 aliphatic rings. The molecule has 1 atom stereocenters. The summed E-state index contributed by atoms with van der Waals surface area (Å²) < 4.78 is 0. The summed E-state index contributed by atoms with van der Waals surface area (Å²) in [5.74, 6) is 1.44. The Labute approximate surface area is 146 Å². The molecule has 1 saturated carbocycles. The van der Waals surface area contributed by atoms with E-state index in [1.54, 1.807) is 24.7 Å². The number of aromatic nitrogens is 4. The first-order valence-electron chi connectivity index (χ1n) is 8.99.